The number of aromatic nitrogens is 1. The van der Waals surface area contributed by atoms with E-state index in [4.69, 9.17) is 10.5 Å². The van der Waals surface area contributed by atoms with E-state index in [2.05, 4.69) is 17.1 Å². The van der Waals surface area contributed by atoms with Gasteiger partial charge in [0.15, 0.2) is 0 Å². The fourth-order valence-corrected chi connectivity index (χ4v) is 2.01. The minimum Gasteiger partial charge on any atom is -0.438 e. The van der Waals surface area contributed by atoms with E-state index in [9.17, 15) is 0 Å². The summed E-state index contributed by atoms with van der Waals surface area (Å²) in [4.78, 5) is 4.16. The molecule has 3 aromatic rings. The van der Waals surface area contributed by atoms with E-state index in [0.29, 0.717) is 11.7 Å². The van der Waals surface area contributed by atoms with Crippen LogP contribution in [-0.4, -0.2) is 4.98 Å². The molecule has 2 N–H and O–H groups in total. The van der Waals surface area contributed by atoms with Gasteiger partial charge < -0.3 is 10.5 Å². The third kappa shape index (κ3) is 2.62. The van der Waals surface area contributed by atoms with Gasteiger partial charge >= 0.3 is 0 Å². The van der Waals surface area contributed by atoms with Crippen molar-refractivity contribution in [1.29, 1.82) is 0 Å². The molecule has 3 heteroatoms. The summed E-state index contributed by atoms with van der Waals surface area (Å²) < 4.78 is 5.85. The van der Waals surface area contributed by atoms with Crippen molar-refractivity contribution in [2.45, 2.75) is 0 Å². The summed E-state index contributed by atoms with van der Waals surface area (Å²) in [6, 6.07) is 23.3. The van der Waals surface area contributed by atoms with Crippen LogP contribution in [0.1, 0.15) is 0 Å². The van der Waals surface area contributed by atoms with Crippen molar-refractivity contribution in [2.75, 3.05) is 5.73 Å². The van der Waals surface area contributed by atoms with E-state index in [1.54, 1.807) is 12.1 Å². The number of ether oxygens (including phenoxy) is 1. The monoisotopic (exact) mass is 262 g/mol. The smallest absolute Gasteiger partial charge is 0.221 e. The Morgan fingerprint density at radius 1 is 0.750 bits per heavy atom. The topological polar surface area (TPSA) is 48.1 Å². The molecule has 1 aromatic heterocycles. The van der Waals surface area contributed by atoms with Gasteiger partial charge in [-0.3, -0.25) is 0 Å². The Hall–Kier alpha value is -2.81. The summed E-state index contributed by atoms with van der Waals surface area (Å²) in [5, 5.41) is 0. The standard InChI is InChI=1S/C17H14N2O/c18-16-11-6-12-17(19-16)20-15-10-5-4-9-14(15)13-7-2-1-3-8-13/h1-12H,(H2,18,19). The van der Waals surface area contributed by atoms with Crippen LogP contribution in [0.2, 0.25) is 0 Å². The second-order valence-electron chi connectivity index (χ2n) is 4.36. The van der Waals surface area contributed by atoms with Crippen molar-refractivity contribution in [3.8, 4) is 22.8 Å². The first kappa shape index (κ1) is 12.2. The third-order valence-electron chi connectivity index (χ3n) is 2.93. The summed E-state index contributed by atoms with van der Waals surface area (Å²) in [6.45, 7) is 0. The molecule has 0 bridgehead atoms. The second-order valence-corrected chi connectivity index (χ2v) is 4.36. The molecule has 0 radical (unpaired) electrons. The highest BCUT2D eigenvalue weighted by molar-refractivity contribution is 5.70. The predicted molar refractivity (Wildman–Crippen MR) is 80.6 cm³/mol. The van der Waals surface area contributed by atoms with E-state index >= 15 is 0 Å². The number of benzene rings is 2. The van der Waals surface area contributed by atoms with Crippen LogP contribution in [0.3, 0.4) is 0 Å². The summed E-state index contributed by atoms with van der Waals surface area (Å²) in [5.74, 6) is 1.70. The zero-order valence-electron chi connectivity index (χ0n) is 10.9. The molecule has 3 rings (SSSR count). The maximum absolute atomic E-state index is 5.85. The van der Waals surface area contributed by atoms with Gasteiger partial charge in [0.25, 0.3) is 0 Å². The zero-order valence-corrected chi connectivity index (χ0v) is 10.9. The zero-order chi connectivity index (χ0) is 13.8. The lowest BCUT2D eigenvalue weighted by atomic mass is 10.1. The Kier molecular flexibility index (Phi) is 3.33. The van der Waals surface area contributed by atoms with Gasteiger partial charge in [0.2, 0.25) is 5.88 Å². The van der Waals surface area contributed by atoms with Gasteiger partial charge in [-0.2, -0.15) is 4.98 Å². The maximum atomic E-state index is 5.85. The van der Waals surface area contributed by atoms with E-state index in [-0.39, 0.29) is 0 Å². The number of pyridine rings is 1. The first-order valence-electron chi connectivity index (χ1n) is 6.38. The molecule has 0 unspecified atom stereocenters. The van der Waals surface area contributed by atoms with Crippen molar-refractivity contribution in [3.63, 3.8) is 0 Å². The summed E-state index contributed by atoms with van der Waals surface area (Å²) in [6.07, 6.45) is 0. The van der Waals surface area contributed by atoms with Crippen molar-refractivity contribution < 1.29 is 4.74 Å². The summed E-state index contributed by atoms with van der Waals surface area (Å²) >= 11 is 0. The molecule has 0 aliphatic heterocycles. The fraction of sp³-hybridized carbons (Fsp3) is 0. The van der Waals surface area contributed by atoms with Crippen LogP contribution >= 0.6 is 0 Å². The van der Waals surface area contributed by atoms with Gasteiger partial charge in [0, 0.05) is 11.6 Å². The maximum Gasteiger partial charge on any atom is 0.221 e. The van der Waals surface area contributed by atoms with E-state index < -0.39 is 0 Å². The van der Waals surface area contributed by atoms with Crippen molar-refractivity contribution >= 4 is 5.82 Å². The number of nitrogens with zero attached hydrogens (tertiary/aromatic N) is 1. The number of rotatable bonds is 3. The molecule has 20 heavy (non-hydrogen) atoms. The first-order valence-corrected chi connectivity index (χ1v) is 6.38. The molecule has 3 nitrogen and oxygen atoms in total. The highest BCUT2D eigenvalue weighted by atomic mass is 16.5. The van der Waals surface area contributed by atoms with Crippen LogP contribution < -0.4 is 10.5 Å². The van der Waals surface area contributed by atoms with E-state index in [0.717, 1.165) is 16.9 Å². The minimum atomic E-state index is 0.444. The number of anilines is 1. The van der Waals surface area contributed by atoms with Gasteiger partial charge in [-0.05, 0) is 17.7 Å². The SMILES string of the molecule is Nc1cccc(Oc2ccccc2-c2ccccc2)n1. The summed E-state index contributed by atoms with van der Waals surface area (Å²) in [7, 11) is 0. The molecule has 0 saturated carbocycles. The molecule has 0 spiro atoms. The number of hydrogen-bond donors (Lipinski definition) is 1. The van der Waals surface area contributed by atoms with Crippen LogP contribution in [0.4, 0.5) is 5.82 Å². The molecular formula is C17H14N2O. The molecule has 0 amide bonds. The van der Waals surface area contributed by atoms with Gasteiger partial charge in [-0.1, -0.05) is 54.6 Å². The Balaban J connectivity index is 1.99. The number of nitrogen functional groups attached to an aromatic ring is 1. The highest BCUT2D eigenvalue weighted by Crippen LogP contribution is 2.32. The summed E-state index contributed by atoms with van der Waals surface area (Å²) in [5.41, 5.74) is 7.80. The Bertz CT molecular complexity index is 711. The van der Waals surface area contributed by atoms with Gasteiger partial charge in [-0.25, -0.2) is 0 Å². The van der Waals surface area contributed by atoms with E-state index in [1.807, 2.05) is 48.5 Å². The van der Waals surface area contributed by atoms with Crippen molar-refractivity contribution in [1.82, 2.24) is 4.98 Å². The average Bonchev–Trinajstić information content (AvgIpc) is 2.49. The number of nitrogens with two attached hydrogens (primary N) is 1. The fourth-order valence-electron chi connectivity index (χ4n) is 2.01. The van der Waals surface area contributed by atoms with Crippen molar-refractivity contribution in [3.05, 3.63) is 72.8 Å². The molecule has 2 aromatic carbocycles. The molecule has 0 aliphatic carbocycles. The van der Waals surface area contributed by atoms with E-state index in [1.165, 1.54) is 0 Å². The van der Waals surface area contributed by atoms with Crippen LogP contribution in [0.15, 0.2) is 72.8 Å². The van der Waals surface area contributed by atoms with Gasteiger partial charge in [0.05, 0.1) is 0 Å². The molecule has 0 fully saturated rings. The van der Waals surface area contributed by atoms with Crippen LogP contribution in [0, 0.1) is 0 Å². The van der Waals surface area contributed by atoms with Crippen molar-refractivity contribution in [2.24, 2.45) is 0 Å². The van der Waals surface area contributed by atoms with Crippen LogP contribution in [-0.2, 0) is 0 Å². The number of hydrogen-bond acceptors (Lipinski definition) is 3. The molecule has 0 aliphatic rings. The molecule has 0 atom stereocenters. The quantitative estimate of drug-likeness (QED) is 0.772. The van der Waals surface area contributed by atoms with Gasteiger partial charge in [0.1, 0.15) is 11.6 Å². The Morgan fingerprint density at radius 3 is 2.30 bits per heavy atom. The van der Waals surface area contributed by atoms with Crippen LogP contribution in [0.25, 0.3) is 11.1 Å². The van der Waals surface area contributed by atoms with Crippen LogP contribution in [0.5, 0.6) is 11.6 Å². The average molecular weight is 262 g/mol. The lowest BCUT2D eigenvalue weighted by Gasteiger charge is -2.10. The molecular weight excluding hydrogens is 248 g/mol. The molecule has 1 heterocycles. The first-order chi connectivity index (χ1) is 9.83. The number of para-hydroxylation sites is 1. The van der Waals surface area contributed by atoms with Gasteiger partial charge in [-0.15, -0.1) is 0 Å². The second kappa shape index (κ2) is 5.45. The normalized spacial score (nSPS) is 10.2. The molecule has 0 saturated heterocycles. The lowest BCUT2D eigenvalue weighted by molar-refractivity contribution is 0.465. The minimum absolute atomic E-state index is 0.444. The molecule has 98 valence electrons. The third-order valence-corrected chi connectivity index (χ3v) is 2.93. The Labute approximate surface area is 117 Å². The largest absolute Gasteiger partial charge is 0.438 e. The Morgan fingerprint density at radius 2 is 1.50 bits per heavy atom. The predicted octanol–water partition coefficient (Wildman–Crippen LogP) is 4.12. The highest BCUT2D eigenvalue weighted by Gasteiger charge is 2.07. The lowest BCUT2D eigenvalue weighted by Crippen LogP contribution is -1.94.